The van der Waals surface area contributed by atoms with Crippen LogP contribution < -0.4 is 10.9 Å². The lowest BCUT2D eigenvalue weighted by Crippen LogP contribution is -2.28. The minimum Gasteiger partial charge on any atom is -0.458 e. The van der Waals surface area contributed by atoms with Crippen LogP contribution in [0.15, 0.2) is 40.6 Å². The van der Waals surface area contributed by atoms with Crippen LogP contribution in [-0.2, 0) is 22.3 Å². The maximum Gasteiger partial charge on any atom is 0.416 e. The Balaban J connectivity index is 1.70. The normalized spacial score (nSPS) is 12.5. The fourth-order valence-corrected chi connectivity index (χ4v) is 3.24. The number of anilines is 1. The van der Waals surface area contributed by atoms with Gasteiger partial charge in [-0.1, -0.05) is 0 Å². The summed E-state index contributed by atoms with van der Waals surface area (Å²) >= 11 is 1.22. The quantitative estimate of drug-likeness (QED) is 0.354. The van der Waals surface area contributed by atoms with E-state index in [4.69, 9.17) is 4.74 Å². The summed E-state index contributed by atoms with van der Waals surface area (Å²) in [5, 5.41) is 15.3. The lowest BCUT2D eigenvalue weighted by Gasteiger charge is -2.15. The lowest BCUT2D eigenvalue weighted by atomic mass is 10.1. The Hall–Kier alpha value is -3.48. The zero-order valence-corrected chi connectivity index (χ0v) is 16.0. The fourth-order valence-electron chi connectivity index (χ4n) is 2.51. The van der Waals surface area contributed by atoms with Gasteiger partial charge in [0, 0.05) is 23.7 Å². The van der Waals surface area contributed by atoms with Gasteiger partial charge in [-0.15, -0.1) is 11.3 Å². The first-order chi connectivity index (χ1) is 14.1. The van der Waals surface area contributed by atoms with E-state index in [9.17, 15) is 32.9 Å². The molecule has 2 aromatic heterocycles. The van der Waals surface area contributed by atoms with Gasteiger partial charge in [-0.05, 0) is 19.1 Å². The van der Waals surface area contributed by atoms with Gasteiger partial charge < -0.3 is 10.1 Å². The zero-order valence-electron chi connectivity index (χ0n) is 15.2. The molecule has 13 heteroatoms. The third-order valence-corrected chi connectivity index (χ3v) is 4.72. The van der Waals surface area contributed by atoms with Gasteiger partial charge in [0.2, 0.25) is 0 Å². The van der Waals surface area contributed by atoms with E-state index in [1.165, 1.54) is 28.7 Å². The number of nitrogens with one attached hydrogen (secondary N) is 1. The smallest absolute Gasteiger partial charge is 0.416 e. The third kappa shape index (κ3) is 4.56. The first-order valence-corrected chi connectivity index (χ1v) is 9.19. The summed E-state index contributed by atoms with van der Waals surface area (Å²) in [4.78, 5) is 38.8. The van der Waals surface area contributed by atoms with Crippen molar-refractivity contribution in [3.8, 4) is 0 Å². The summed E-state index contributed by atoms with van der Waals surface area (Å²) in [6, 6.07) is 2.01. The van der Waals surface area contributed by atoms with Crippen molar-refractivity contribution in [2.24, 2.45) is 0 Å². The number of thiazole rings is 1. The molecule has 0 spiro atoms. The molecule has 0 amide bonds. The molecular weight excluding hydrogens is 429 g/mol. The minimum atomic E-state index is -4.75. The van der Waals surface area contributed by atoms with E-state index in [2.05, 4.69) is 10.3 Å². The maximum absolute atomic E-state index is 12.8. The topological polar surface area (TPSA) is 116 Å². The molecule has 3 rings (SSSR count). The highest BCUT2D eigenvalue weighted by Gasteiger charge is 2.33. The average molecular weight is 442 g/mol. The molecule has 0 fully saturated rings. The van der Waals surface area contributed by atoms with E-state index in [1.54, 1.807) is 11.6 Å². The van der Waals surface area contributed by atoms with Gasteiger partial charge in [-0.3, -0.25) is 19.3 Å². The Morgan fingerprint density at radius 1 is 1.40 bits per heavy atom. The van der Waals surface area contributed by atoms with E-state index in [1.807, 2.05) is 0 Å². The number of hydrogen-bond acceptors (Lipinski definition) is 8. The predicted octanol–water partition coefficient (Wildman–Crippen LogP) is 3.23. The highest BCUT2D eigenvalue weighted by Crippen LogP contribution is 2.35. The standard InChI is InChI=1S/C17H13F3N4O5S/c1-9(21-12-3-2-10(17(18,19)20)6-13(12)24(27)28)15(26)29-8-11-7-14(25)23-4-5-30-16(23)22-11/h2-7,9,21H,8H2,1H3. The van der Waals surface area contributed by atoms with Crippen LogP contribution >= 0.6 is 11.3 Å². The zero-order chi connectivity index (χ0) is 22.1. The van der Waals surface area contributed by atoms with Crippen LogP contribution in [0.5, 0.6) is 0 Å². The molecule has 2 heterocycles. The van der Waals surface area contributed by atoms with Gasteiger partial charge in [-0.2, -0.15) is 13.2 Å². The number of rotatable bonds is 6. The number of alkyl halides is 3. The monoisotopic (exact) mass is 442 g/mol. The first kappa shape index (κ1) is 21.2. The lowest BCUT2D eigenvalue weighted by molar-refractivity contribution is -0.384. The number of hydrogen-bond donors (Lipinski definition) is 1. The maximum atomic E-state index is 12.8. The Labute approximate surface area is 169 Å². The number of nitrogens with zero attached hydrogens (tertiary/aromatic N) is 3. The molecule has 30 heavy (non-hydrogen) atoms. The van der Waals surface area contributed by atoms with Gasteiger partial charge in [0.25, 0.3) is 11.2 Å². The first-order valence-electron chi connectivity index (χ1n) is 8.31. The van der Waals surface area contributed by atoms with E-state index < -0.39 is 34.4 Å². The largest absolute Gasteiger partial charge is 0.458 e. The second-order valence-electron chi connectivity index (χ2n) is 6.10. The number of fused-ring (bicyclic) bond motifs is 1. The van der Waals surface area contributed by atoms with Crippen molar-refractivity contribution in [2.75, 3.05) is 5.32 Å². The van der Waals surface area contributed by atoms with Crippen molar-refractivity contribution in [1.82, 2.24) is 9.38 Å². The van der Waals surface area contributed by atoms with Crippen LogP contribution in [0.1, 0.15) is 18.2 Å². The van der Waals surface area contributed by atoms with Crippen LogP contribution in [0.25, 0.3) is 4.96 Å². The number of nitro groups is 1. The summed E-state index contributed by atoms with van der Waals surface area (Å²) in [7, 11) is 0. The fraction of sp³-hybridized carbons (Fsp3) is 0.235. The number of carbonyl (C=O) groups is 1. The molecule has 0 aliphatic carbocycles. The Bertz CT molecular complexity index is 1170. The molecule has 0 saturated heterocycles. The van der Waals surface area contributed by atoms with E-state index >= 15 is 0 Å². The van der Waals surface area contributed by atoms with Crippen molar-refractivity contribution in [3.05, 3.63) is 67.6 Å². The number of halogens is 3. The number of carbonyl (C=O) groups excluding carboxylic acids is 1. The Morgan fingerprint density at radius 2 is 2.13 bits per heavy atom. The molecule has 3 aromatic rings. The Kier molecular flexibility index (Phi) is 5.73. The van der Waals surface area contributed by atoms with Crippen LogP contribution in [0.3, 0.4) is 0 Å². The molecule has 1 unspecified atom stereocenters. The second-order valence-corrected chi connectivity index (χ2v) is 6.97. The van der Waals surface area contributed by atoms with Crippen molar-refractivity contribution < 1.29 is 27.6 Å². The number of benzene rings is 1. The van der Waals surface area contributed by atoms with Gasteiger partial charge >= 0.3 is 12.1 Å². The summed E-state index contributed by atoms with van der Waals surface area (Å²) in [5.41, 5.74) is -2.42. The van der Waals surface area contributed by atoms with E-state index in [-0.39, 0.29) is 23.5 Å². The SMILES string of the molecule is CC(Nc1ccc(C(F)(F)F)cc1[N+](=O)[O-])C(=O)OCc1cc(=O)n2ccsc2n1. The molecule has 9 nitrogen and oxygen atoms in total. The highest BCUT2D eigenvalue weighted by molar-refractivity contribution is 7.15. The molecule has 158 valence electrons. The molecule has 0 aliphatic rings. The van der Waals surface area contributed by atoms with E-state index in [0.29, 0.717) is 17.1 Å². The number of esters is 1. The summed E-state index contributed by atoms with van der Waals surface area (Å²) in [6.45, 7) is 1.01. The summed E-state index contributed by atoms with van der Waals surface area (Å²) in [6.07, 6.45) is -3.20. The van der Waals surface area contributed by atoms with Gasteiger partial charge in [0.15, 0.2) is 4.96 Å². The van der Waals surface area contributed by atoms with Crippen LogP contribution in [-0.4, -0.2) is 26.3 Å². The molecule has 1 aromatic carbocycles. The van der Waals surface area contributed by atoms with Crippen LogP contribution in [0.4, 0.5) is 24.5 Å². The van der Waals surface area contributed by atoms with Crippen molar-refractivity contribution in [1.29, 1.82) is 0 Å². The Morgan fingerprint density at radius 3 is 2.80 bits per heavy atom. The van der Waals surface area contributed by atoms with Crippen molar-refractivity contribution in [2.45, 2.75) is 25.7 Å². The predicted molar refractivity (Wildman–Crippen MR) is 100 cm³/mol. The molecule has 0 bridgehead atoms. The van der Waals surface area contributed by atoms with E-state index in [0.717, 1.165) is 6.07 Å². The molecule has 0 saturated carbocycles. The average Bonchev–Trinajstić information content (AvgIpc) is 3.14. The molecular formula is C17H13F3N4O5S. The second kappa shape index (κ2) is 8.10. The van der Waals surface area contributed by atoms with Crippen molar-refractivity contribution in [3.63, 3.8) is 0 Å². The van der Waals surface area contributed by atoms with Crippen LogP contribution in [0, 0.1) is 10.1 Å². The number of aromatic nitrogens is 2. The summed E-state index contributed by atoms with van der Waals surface area (Å²) < 4.78 is 44.7. The van der Waals surface area contributed by atoms with Gasteiger partial charge in [0.05, 0.1) is 16.2 Å². The van der Waals surface area contributed by atoms with Gasteiger partial charge in [-0.25, -0.2) is 9.78 Å². The number of ether oxygens (including phenoxy) is 1. The third-order valence-electron chi connectivity index (χ3n) is 3.97. The van der Waals surface area contributed by atoms with Crippen molar-refractivity contribution >= 4 is 33.6 Å². The number of nitro benzene ring substituents is 1. The molecule has 1 N–H and O–H groups in total. The summed E-state index contributed by atoms with van der Waals surface area (Å²) in [5.74, 6) is -0.836. The highest BCUT2D eigenvalue weighted by atomic mass is 32.1. The minimum absolute atomic E-state index is 0.212. The molecule has 0 radical (unpaired) electrons. The van der Waals surface area contributed by atoms with Crippen LogP contribution in [0.2, 0.25) is 0 Å². The molecule has 0 aliphatic heterocycles. The van der Waals surface area contributed by atoms with Gasteiger partial charge in [0.1, 0.15) is 18.3 Å². The molecule has 1 atom stereocenters.